The van der Waals surface area contributed by atoms with E-state index in [0.29, 0.717) is 16.7 Å². The van der Waals surface area contributed by atoms with Gasteiger partial charge in [0.15, 0.2) is 0 Å². The molecule has 0 bridgehead atoms. The quantitative estimate of drug-likeness (QED) is 0.562. The molecule has 1 aliphatic heterocycles. The summed E-state index contributed by atoms with van der Waals surface area (Å²) in [6, 6.07) is 10.1. The third-order valence-electron chi connectivity index (χ3n) is 6.49. The molecule has 3 aromatic rings. The van der Waals surface area contributed by atoms with E-state index in [-0.39, 0.29) is 24.9 Å². The molecule has 35 heavy (non-hydrogen) atoms. The zero-order valence-corrected chi connectivity index (χ0v) is 19.4. The number of fused-ring (bicyclic) bond motifs is 3. The van der Waals surface area contributed by atoms with Crippen LogP contribution < -0.4 is 10.1 Å². The van der Waals surface area contributed by atoms with E-state index in [1.54, 1.807) is 18.3 Å². The average Bonchev–Trinajstić information content (AvgIpc) is 3.16. The summed E-state index contributed by atoms with van der Waals surface area (Å²) < 4.78 is 46.6. The van der Waals surface area contributed by atoms with Crippen LogP contribution in [0.2, 0.25) is 5.02 Å². The number of amides is 1. The summed E-state index contributed by atoms with van der Waals surface area (Å²) in [6.07, 6.45) is 0.409. The maximum absolute atomic E-state index is 12.9. The zero-order valence-electron chi connectivity index (χ0n) is 18.6. The molecule has 11 heteroatoms. The van der Waals surface area contributed by atoms with E-state index >= 15 is 0 Å². The van der Waals surface area contributed by atoms with Crippen molar-refractivity contribution in [1.29, 1.82) is 0 Å². The van der Waals surface area contributed by atoms with Gasteiger partial charge in [-0.05, 0) is 61.9 Å². The number of alkyl halides is 3. The van der Waals surface area contributed by atoms with Crippen LogP contribution in [0.1, 0.15) is 48.8 Å². The second-order valence-corrected chi connectivity index (χ2v) is 9.36. The second-order valence-electron chi connectivity index (χ2n) is 8.92. The summed E-state index contributed by atoms with van der Waals surface area (Å²) >= 11 is 6.20. The molecule has 1 aliphatic carbocycles. The van der Waals surface area contributed by atoms with E-state index in [1.807, 2.05) is 28.8 Å². The Morgan fingerprint density at radius 3 is 2.60 bits per heavy atom. The van der Waals surface area contributed by atoms with Crippen LogP contribution in [0.15, 0.2) is 42.6 Å². The summed E-state index contributed by atoms with van der Waals surface area (Å²) in [5.74, 6) is 0.0308. The normalized spacial score (nSPS) is 22.0. The second kappa shape index (κ2) is 9.49. The van der Waals surface area contributed by atoms with Crippen molar-refractivity contribution in [3.63, 3.8) is 0 Å². The molecule has 1 atom stereocenters. The van der Waals surface area contributed by atoms with Crippen LogP contribution in [0, 0.1) is 0 Å². The van der Waals surface area contributed by atoms with Gasteiger partial charge in [0, 0.05) is 35.7 Å². The van der Waals surface area contributed by atoms with Gasteiger partial charge in [-0.1, -0.05) is 17.7 Å². The van der Waals surface area contributed by atoms with Crippen LogP contribution in [0.5, 0.6) is 5.88 Å². The number of ether oxygens (including phenoxy) is 1. The van der Waals surface area contributed by atoms with Gasteiger partial charge in [0.1, 0.15) is 17.8 Å². The molecule has 1 N–H and O–H groups in total. The molecule has 1 aromatic carbocycles. The highest BCUT2D eigenvalue weighted by atomic mass is 35.5. The van der Waals surface area contributed by atoms with Crippen LogP contribution in [0.3, 0.4) is 0 Å². The van der Waals surface area contributed by atoms with E-state index in [4.69, 9.17) is 16.3 Å². The average molecular weight is 506 g/mol. The molecule has 2 aliphatic rings. The SMILES string of the molecule is O=C(N[C@@H]1Cc2cc(Cl)ccc2-n2c(nnc2C2CCC(Oc3ccccn3)CC2)C1)C(F)(F)F. The Morgan fingerprint density at radius 2 is 1.89 bits per heavy atom. The largest absolute Gasteiger partial charge is 0.474 e. The van der Waals surface area contributed by atoms with Crippen molar-refractivity contribution in [2.75, 3.05) is 0 Å². The lowest BCUT2D eigenvalue weighted by Crippen LogP contribution is -2.45. The van der Waals surface area contributed by atoms with E-state index in [2.05, 4.69) is 20.5 Å². The molecule has 3 heterocycles. The highest BCUT2D eigenvalue weighted by Gasteiger charge is 2.40. The van der Waals surface area contributed by atoms with E-state index in [1.165, 1.54) is 0 Å². The lowest BCUT2D eigenvalue weighted by Gasteiger charge is -2.28. The van der Waals surface area contributed by atoms with Gasteiger partial charge in [0.2, 0.25) is 5.88 Å². The zero-order chi connectivity index (χ0) is 24.6. The van der Waals surface area contributed by atoms with Crippen molar-refractivity contribution in [2.45, 2.75) is 62.8 Å². The molecule has 0 spiro atoms. The first-order valence-corrected chi connectivity index (χ1v) is 11.8. The fraction of sp³-hybridized carbons (Fsp3) is 0.417. The van der Waals surface area contributed by atoms with Crippen molar-refractivity contribution >= 4 is 17.5 Å². The van der Waals surface area contributed by atoms with Crippen molar-refractivity contribution in [3.05, 3.63) is 64.8 Å². The summed E-state index contributed by atoms with van der Waals surface area (Å²) in [4.78, 5) is 15.9. The summed E-state index contributed by atoms with van der Waals surface area (Å²) in [5.41, 5.74) is 1.51. The van der Waals surface area contributed by atoms with Gasteiger partial charge in [-0.15, -0.1) is 10.2 Å². The summed E-state index contributed by atoms with van der Waals surface area (Å²) in [5, 5.41) is 11.3. The van der Waals surface area contributed by atoms with E-state index in [9.17, 15) is 18.0 Å². The number of aromatic nitrogens is 4. The summed E-state index contributed by atoms with van der Waals surface area (Å²) in [7, 11) is 0. The number of rotatable bonds is 4. The molecular formula is C24H23ClF3N5O2. The molecule has 2 aromatic heterocycles. The Balaban J connectivity index is 1.39. The number of hydrogen-bond acceptors (Lipinski definition) is 5. The lowest BCUT2D eigenvalue weighted by atomic mass is 9.86. The molecule has 0 saturated heterocycles. The Kier molecular flexibility index (Phi) is 6.39. The first-order chi connectivity index (χ1) is 16.8. The number of nitrogens with zero attached hydrogens (tertiary/aromatic N) is 4. The molecule has 1 saturated carbocycles. The van der Waals surface area contributed by atoms with Crippen LogP contribution >= 0.6 is 11.6 Å². The molecule has 0 unspecified atom stereocenters. The van der Waals surface area contributed by atoms with Crippen molar-refractivity contribution < 1.29 is 22.7 Å². The highest BCUT2D eigenvalue weighted by Crippen LogP contribution is 2.37. The monoisotopic (exact) mass is 505 g/mol. The Morgan fingerprint density at radius 1 is 1.09 bits per heavy atom. The van der Waals surface area contributed by atoms with Gasteiger partial charge in [0.25, 0.3) is 0 Å². The molecule has 7 nitrogen and oxygen atoms in total. The maximum atomic E-state index is 12.9. The Labute approximate surface area is 204 Å². The van der Waals surface area contributed by atoms with Crippen LogP contribution in [-0.4, -0.2) is 44.0 Å². The van der Waals surface area contributed by atoms with E-state index in [0.717, 1.165) is 42.8 Å². The third kappa shape index (κ3) is 5.12. The molecule has 1 fully saturated rings. The first kappa shape index (κ1) is 23.6. The van der Waals surface area contributed by atoms with Gasteiger partial charge in [-0.2, -0.15) is 13.2 Å². The van der Waals surface area contributed by atoms with Crippen molar-refractivity contribution in [3.8, 4) is 11.6 Å². The number of nitrogens with one attached hydrogen (secondary N) is 1. The van der Waals surface area contributed by atoms with Crippen LogP contribution in [-0.2, 0) is 17.6 Å². The first-order valence-electron chi connectivity index (χ1n) is 11.5. The van der Waals surface area contributed by atoms with E-state index < -0.39 is 18.1 Å². The fourth-order valence-electron chi connectivity index (χ4n) is 4.88. The fourth-order valence-corrected chi connectivity index (χ4v) is 5.07. The van der Waals surface area contributed by atoms with Crippen molar-refractivity contribution in [2.24, 2.45) is 0 Å². The predicted molar refractivity (Wildman–Crippen MR) is 122 cm³/mol. The van der Waals surface area contributed by atoms with Gasteiger partial charge < -0.3 is 10.1 Å². The lowest BCUT2D eigenvalue weighted by molar-refractivity contribution is -0.174. The van der Waals surface area contributed by atoms with Gasteiger partial charge >= 0.3 is 12.1 Å². The number of benzene rings is 1. The Hall–Kier alpha value is -3.14. The minimum absolute atomic E-state index is 0.0562. The minimum atomic E-state index is -4.96. The van der Waals surface area contributed by atoms with Crippen LogP contribution in [0.4, 0.5) is 13.2 Å². The number of pyridine rings is 1. The molecule has 0 radical (unpaired) electrons. The third-order valence-corrected chi connectivity index (χ3v) is 6.73. The van der Waals surface area contributed by atoms with Gasteiger partial charge in [-0.25, -0.2) is 4.98 Å². The standard InChI is InChI=1S/C24H23ClF3N5O2/c25-16-6-9-19-15(11-16)12-17(30-23(34)24(26,27)28)13-20-31-32-22(33(19)20)14-4-7-18(8-5-14)35-21-3-1-2-10-29-21/h1-3,6,9-11,14,17-18H,4-5,7-8,12-13H2,(H,30,34)/t14?,17-,18?/m1/s1. The van der Waals surface area contributed by atoms with Crippen molar-refractivity contribution in [1.82, 2.24) is 25.1 Å². The van der Waals surface area contributed by atoms with Crippen LogP contribution in [0.25, 0.3) is 5.69 Å². The number of halogens is 4. The number of hydrogen-bond donors (Lipinski definition) is 1. The molecule has 184 valence electrons. The number of carbonyl (C=O) groups is 1. The van der Waals surface area contributed by atoms with Gasteiger partial charge in [0.05, 0.1) is 5.69 Å². The predicted octanol–water partition coefficient (Wildman–Crippen LogP) is 4.57. The molecular weight excluding hydrogens is 483 g/mol. The van der Waals surface area contributed by atoms with Gasteiger partial charge in [-0.3, -0.25) is 9.36 Å². The molecule has 5 rings (SSSR count). The molecule has 1 amide bonds. The number of carbonyl (C=O) groups excluding carboxylic acids is 1. The minimum Gasteiger partial charge on any atom is -0.474 e. The highest BCUT2D eigenvalue weighted by molar-refractivity contribution is 6.30. The Bertz CT molecular complexity index is 1210. The maximum Gasteiger partial charge on any atom is 0.471 e. The topological polar surface area (TPSA) is 81.9 Å². The summed E-state index contributed by atoms with van der Waals surface area (Å²) in [6.45, 7) is 0. The smallest absolute Gasteiger partial charge is 0.471 e.